The normalized spacial score (nSPS) is 23.5. The Balaban J connectivity index is 1.16. The van der Waals surface area contributed by atoms with Gasteiger partial charge >= 0.3 is 0 Å². The van der Waals surface area contributed by atoms with E-state index in [1.165, 1.54) is 11.3 Å². The van der Waals surface area contributed by atoms with E-state index in [9.17, 15) is 4.79 Å². The largest absolute Gasteiger partial charge is 0.473 e. The summed E-state index contributed by atoms with van der Waals surface area (Å²) >= 11 is 0. The Labute approximate surface area is 223 Å². The lowest BCUT2D eigenvalue weighted by molar-refractivity contribution is -0.119. The lowest BCUT2D eigenvalue weighted by atomic mass is 10.0. The SMILES string of the molecule is Cc1cc(-c2cc3ncn(C4CC4)c3c(OC(C)C3CNC(=O)C3)n2)ccc1N1CCN(C2COC2)CC1. The number of nitrogens with zero attached hydrogens (tertiary/aromatic N) is 5. The van der Waals surface area contributed by atoms with Crippen molar-refractivity contribution in [3.05, 3.63) is 36.2 Å². The van der Waals surface area contributed by atoms with Crippen LogP contribution in [0.25, 0.3) is 22.3 Å². The fraction of sp³-hybridized carbons (Fsp3) is 0.552. The minimum absolute atomic E-state index is 0.0920. The molecule has 38 heavy (non-hydrogen) atoms. The van der Waals surface area contributed by atoms with Crippen LogP contribution in [-0.4, -0.2) is 83.4 Å². The number of imidazole rings is 1. The molecule has 2 aromatic heterocycles. The number of hydrogen-bond acceptors (Lipinski definition) is 7. The summed E-state index contributed by atoms with van der Waals surface area (Å²) < 4.78 is 14.1. The van der Waals surface area contributed by atoms with E-state index >= 15 is 0 Å². The maximum atomic E-state index is 11.8. The first-order chi connectivity index (χ1) is 18.5. The summed E-state index contributed by atoms with van der Waals surface area (Å²) in [7, 11) is 0. The molecule has 1 aliphatic carbocycles. The molecule has 7 rings (SSSR count). The molecule has 4 fully saturated rings. The monoisotopic (exact) mass is 516 g/mol. The summed E-state index contributed by atoms with van der Waals surface area (Å²) in [5.74, 6) is 0.847. The maximum absolute atomic E-state index is 11.8. The number of ether oxygens (including phenoxy) is 2. The molecular weight excluding hydrogens is 480 g/mol. The van der Waals surface area contributed by atoms with Crippen molar-refractivity contribution in [1.29, 1.82) is 0 Å². The lowest BCUT2D eigenvalue weighted by Crippen LogP contribution is -2.56. The summed E-state index contributed by atoms with van der Waals surface area (Å²) in [5.41, 5.74) is 6.34. The topological polar surface area (TPSA) is 84.7 Å². The summed E-state index contributed by atoms with van der Waals surface area (Å²) in [6.45, 7) is 10.9. The number of pyridine rings is 1. The average molecular weight is 517 g/mol. The molecule has 1 N–H and O–H groups in total. The Morgan fingerprint density at radius 2 is 1.92 bits per heavy atom. The number of benzene rings is 1. The highest BCUT2D eigenvalue weighted by Crippen LogP contribution is 2.41. The highest BCUT2D eigenvalue weighted by Gasteiger charge is 2.32. The zero-order valence-corrected chi connectivity index (χ0v) is 22.2. The quantitative estimate of drug-likeness (QED) is 0.516. The van der Waals surface area contributed by atoms with Crippen molar-refractivity contribution in [2.75, 3.05) is 50.8 Å². The Bertz CT molecular complexity index is 1360. The van der Waals surface area contributed by atoms with Gasteiger partial charge in [-0.05, 0) is 50.5 Å². The van der Waals surface area contributed by atoms with Crippen molar-refractivity contribution in [1.82, 2.24) is 24.8 Å². The number of nitrogens with one attached hydrogen (secondary N) is 1. The van der Waals surface area contributed by atoms with Crippen LogP contribution in [0.1, 0.15) is 37.8 Å². The fourth-order valence-electron chi connectivity index (χ4n) is 6.05. The summed E-state index contributed by atoms with van der Waals surface area (Å²) in [6.07, 6.45) is 4.61. The fourth-order valence-corrected chi connectivity index (χ4v) is 6.05. The van der Waals surface area contributed by atoms with Gasteiger partial charge in [-0.1, -0.05) is 6.07 Å². The standard InChI is InChI=1S/C29H36N6O3/c1-18-11-20(3-6-26(18)34-9-7-33(8-10-34)23-15-37-16-23)24-13-25-28(35(17-31-25)22-4-5-22)29(32-24)38-19(2)21-12-27(36)30-14-21/h3,6,11,13,17,19,21-23H,4-5,7-10,12,14-16H2,1-2H3,(H,30,36). The molecule has 0 bridgehead atoms. The summed E-state index contributed by atoms with van der Waals surface area (Å²) in [4.78, 5) is 26.7. The highest BCUT2D eigenvalue weighted by molar-refractivity contribution is 5.85. The first-order valence-corrected chi connectivity index (χ1v) is 14.0. The zero-order chi connectivity index (χ0) is 25.8. The van der Waals surface area contributed by atoms with E-state index in [0.29, 0.717) is 30.9 Å². The third-order valence-electron chi connectivity index (χ3n) is 8.72. The predicted octanol–water partition coefficient (Wildman–Crippen LogP) is 3.17. The molecule has 3 aromatic rings. The van der Waals surface area contributed by atoms with E-state index in [1.807, 2.05) is 13.3 Å². The van der Waals surface area contributed by atoms with Gasteiger partial charge in [0.25, 0.3) is 0 Å². The second-order valence-corrected chi connectivity index (χ2v) is 11.4. The number of anilines is 1. The molecule has 5 heterocycles. The predicted molar refractivity (Wildman–Crippen MR) is 146 cm³/mol. The molecule has 0 radical (unpaired) electrons. The van der Waals surface area contributed by atoms with Gasteiger partial charge in [0.2, 0.25) is 11.8 Å². The van der Waals surface area contributed by atoms with Crippen molar-refractivity contribution in [2.45, 2.75) is 51.3 Å². The summed E-state index contributed by atoms with van der Waals surface area (Å²) in [6, 6.07) is 9.81. The van der Waals surface area contributed by atoms with Gasteiger partial charge in [0.05, 0.1) is 36.8 Å². The molecular formula is C29H36N6O3. The number of piperazine rings is 1. The zero-order valence-electron chi connectivity index (χ0n) is 22.2. The summed E-state index contributed by atoms with van der Waals surface area (Å²) in [5, 5.41) is 2.93. The van der Waals surface area contributed by atoms with Crippen LogP contribution < -0.4 is 15.0 Å². The number of hydrogen-bond donors (Lipinski definition) is 1. The van der Waals surface area contributed by atoms with Crippen molar-refractivity contribution in [2.24, 2.45) is 5.92 Å². The van der Waals surface area contributed by atoms with E-state index < -0.39 is 0 Å². The van der Waals surface area contributed by atoms with Crippen LogP contribution in [-0.2, 0) is 9.53 Å². The van der Waals surface area contributed by atoms with Gasteiger partial charge in [-0.2, -0.15) is 0 Å². The van der Waals surface area contributed by atoms with E-state index in [2.05, 4.69) is 50.9 Å². The van der Waals surface area contributed by atoms with Crippen LogP contribution in [0.15, 0.2) is 30.6 Å². The average Bonchev–Trinajstić information content (AvgIpc) is 3.48. The molecule has 1 saturated carbocycles. The smallest absolute Gasteiger partial charge is 0.241 e. The number of carbonyl (C=O) groups is 1. The highest BCUT2D eigenvalue weighted by atomic mass is 16.5. The van der Waals surface area contributed by atoms with Gasteiger partial charge in [0.1, 0.15) is 11.6 Å². The lowest BCUT2D eigenvalue weighted by Gasteiger charge is -2.43. The van der Waals surface area contributed by atoms with Crippen LogP contribution in [0.3, 0.4) is 0 Å². The van der Waals surface area contributed by atoms with E-state index in [4.69, 9.17) is 19.4 Å². The van der Waals surface area contributed by atoms with Crippen molar-refractivity contribution in [3.8, 4) is 17.1 Å². The molecule has 3 saturated heterocycles. The number of rotatable bonds is 7. The minimum atomic E-state index is -0.128. The van der Waals surface area contributed by atoms with Crippen LogP contribution in [0.2, 0.25) is 0 Å². The molecule has 1 aromatic carbocycles. The molecule has 3 aliphatic heterocycles. The molecule has 9 nitrogen and oxygen atoms in total. The van der Waals surface area contributed by atoms with Crippen molar-refractivity contribution in [3.63, 3.8) is 0 Å². The van der Waals surface area contributed by atoms with Gasteiger partial charge in [-0.15, -0.1) is 0 Å². The van der Waals surface area contributed by atoms with E-state index in [-0.39, 0.29) is 17.9 Å². The second-order valence-electron chi connectivity index (χ2n) is 11.4. The molecule has 2 unspecified atom stereocenters. The molecule has 1 amide bonds. The number of amides is 1. The third kappa shape index (κ3) is 4.41. The van der Waals surface area contributed by atoms with E-state index in [0.717, 1.165) is 74.5 Å². The minimum Gasteiger partial charge on any atom is -0.473 e. The van der Waals surface area contributed by atoms with Crippen LogP contribution in [0, 0.1) is 12.8 Å². The first kappa shape index (κ1) is 23.9. The molecule has 200 valence electrons. The van der Waals surface area contributed by atoms with Crippen LogP contribution in [0.5, 0.6) is 5.88 Å². The van der Waals surface area contributed by atoms with Gasteiger partial charge in [-0.3, -0.25) is 9.69 Å². The Hall–Kier alpha value is -3.17. The van der Waals surface area contributed by atoms with Gasteiger partial charge in [-0.25, -0.2) is 9.97 Å². The number of aromatic nitrogens is 3. The van der Waals surface area contributed by atoms with Crippen molar-refractivity contribution < 1.29 is 14.3 Å². The number of fused-ring (bicyclic) bond motifs is 1. The Kier molecular flexibility index (Phi) is 6.00. The van der Waals surface area contributed by atoms with Gasteiger partial charge < -0.3 is 24.3 Å². The maximum Gasteiger partial charge on any atom is 0.241 e. The molecule has 2 atom stereocenters. The van der Waals surface area contributed by atoms with Crippen LogP contribution in [0.4, 0.5) is 5.69 Å². The third-order valence-corrected chi connectivity index (χ3v) is 8.72. The van der Waals surface area contributed by atoms with Crippen molar-refractivity contribution >= 4 is 22.6 Å². The molecule has 4 aliphatic rings. The van der Waals surface area contributed by atoms with Gasteiger partial charge in [0.15, 0.2) is 0 Å². The Morgan fingerprint density at radius 3 is 2.58 bits per heavy atom. The molecule has 0 spiro atoms. The second kappa shape index (κ2) is 9.54. The Morgan fingerprint density at radius 1 is 1.11 bits per heavy atom. The first-order valence-electron chi connectivity index (χ1n) is 14.0. The van der Waals surface area contributed by atoms with Crippen LogP contribution >= 0.6 is 0 Å². The number of aryl methyl sites for hydroxylation is 1. The van der Waals surface area contributed by atoms with E-state index in [1.54, 1.807) is 0 Å². The van der Waals surface area contributed by atoms with Gasteiger partial charge in [0, 0.05) is 62.4 Å². The number of carbonyl (C=O) groups excluding carboxylic acids is 1. The molecule has 9 heteroatoms.